The highest BCUT2D eigenvalue weighted by Gasteiger charge is 2.27. The zero-order valence-corrected chi connectivity index (χ0v) is 16.0. The molecule has 1 aliphatic rings. The number of rotatable bonds is 2. The number of carbonyl (C=O) groups is 1. The van der Waals surface area contributed by atoms with Gasteiger partial charge in [-0.1, -0.05) is 11.6 Å². The lowest BCUT2D eigenvalue weighted by Gasteiger charge is -2.32. The molecule has 0 atom stereocenters. The molecule has 1 aliphatic heterocycles. The number of hydrogen-bond donors (Lipinski definition) is 4. The van der Waals surface area contributed by atoms with Crippen LogP contribution in [0.1, 0.15) is 45.9 Å². The fourth-order valence-electron chi connectivity index (χ4n) is 4.15. The number of phenols is 3. The van der Waals surface area contributed by atoms with E-state index in [4.69, 9.17) is 0 Å². The van der Waals surface area contributed by atoms with E-state index in [0.29, 0.717) is 19.0 Å². The van der Waals surface area contributed by atoms with Crippen LogP contribution in [0.25, 0.3) is 10.9 Å². The lowest BCUT2D eigenvalue weighted by molar-refractivity contribution is 0.0711. The van der Waals surface area contributed by atoms with Gasteiger partial charge in [0.05, 0.1) is 0 Å². The third-order valence-corrected chi connectivity index (χ3v) is 5.76. The van der Waals surface area contributed by atoms with E-state index >= 15 is 0 Å². The van der Waals surface area contributed by atoms with Gasteiger partial charge in [0, 0.05) is 41.2 Å². The minimum Gasteiger partial charge on any atom is -0.504 e. The predicted octanol–water partition coefficient (Wildman–Crippen LogP) is 3.92. The van der Waals surface area contributed by atoms with Gasteiger partial charge in [-0.05, 0) is 56.5 Å². The van der Waals surface area contributed by atoms with Gasteiger partial charge in [0.15, 0.2) is 17.2 Å². The van der Waals surface area contributed by atoms with E-state index < -0.39 is 17.2 Å². The smallest absolute Gasteiger partial charge is 0.254 e. The maximum Gasteiger partial charge on any atom is 0.254 e. The van der Waals surface area contributed by atoms with E-state index in [2.05, 4.69) is 37.0 Å². The monoisotopic (exact) mass is 380 g/mol. The van der Waals surface area contributed by atoms with Crippen molar-refractivity contribution in [2.75, 3.05) is 13.1 Å². The number of aromatic nitrogens is 1. The number of carbonyl (C=O) groups excluding carboxylic acids is 1. The van der Waals surface area contributed by atoms with Gasteiger partial charge in [0.25, 0.3) is 5.91 Å². The second-order valence-electron chi connectivity index (χ2n) is 7.64. The molecule has 3 aromatic rings. The summed E-state index contributed by atoms with van der Waals surface area (Å²) in [7, 11) is 0. The number of piperidine rings is 1. The van der Waals surface area contributed by atoms with Gasteiger partial charge in [0.2, 0.25) is 0 Å². The molecule has 0 spiro atoms. The average molecular weight is 380 g/mol. The van der Waals surface area contributed by atoms with Crippen molar-refractivity contribution in [1.82, 2.24) is 9.88 Å². The normalized spacial score (nSPS) is 15.3. The van der Waals surface area contributed by atoms with Crippen LogP contribution in [0, 0.1) is 13.8 Å². The standard InChI is InChI=1S/C22H24N2O4/c1-12-3-4-17-16(9-12)13(2)20(23-17)14-5-7-24(8-6-14)22(28)15-10-18(25)21(27)19(26)11-15/h3-4,9-11,14,23,25-27H,5-8H2,1-2H3. The van der Waals surface area contributed by atoms with Gasteiger partial charge >= 0.3 is 0 Å². The van der Waals surface area contributed by atoms with E-state index in [9.17, 15) is 20.1 Å². The first-order chi connectivity index (χ1) is 13.3. The van der Waals surface area contributed by atoms with Crippen LogP contribution in [0.4, 0.5) is 0 Å². The first-order valence-electron chi connectivity index (χ1n) is 9.48. The number of aryl methyl sites for hydroxylation is 2. The van der Waals surface area contributed by atoms with Crippen molar-refractivity contribution in [3.8, 4) is 17.2 Å². The van der Waals surface area contributed by atoms with Crippen LogP contribution < -0.4 is 0 Å². The Kier molecular flexibility index (Phi) is 4.41. The lowest BCUT2D eigenvalue weighted by atomic mass is 9.91. The molecule has 0 unspecified atom stereocenters. The zero-order valence-electron chi connectivity index (χ0n) is 16.0. The fourth-order valence-corrected chi connectivity index (χ4v) is 4.15. The Morgan fingerprint density at radius 3 is 2.32 bits per heavy atom. The number of likely N-dealkylation sites (tertiary alicyclic amines) is 1. The van der Waals surface area contributed by atoms with Crippen LogP contribution in [0.2, 0.25) is 0 Å². The number of nitrogens with one attached hydrogen (secondary N) is 1. The quantitative estimate of drug-likeness (QED) is 0.507. The van der Waals surface area contributed by atoms with E-state index in [-0.39, 0.29) is 11.5 Å². The van der Waals surface area contributed by atoms with Crippen LogP contribution in [-0.4, -0.2) is 44.2 Å². The molecule has 6 heteroatoms. The number of phenolic OH excluding ortho intramolecular Hbond substituents is 3. The van der Waals surface area contributed by atoms with E-state index in [1.807, 2.05) is 0 Å². The Morgan fingerprint density at radius 2 is 1.68 bits per heavy atom. The van der Waals surface area contributed by atoms with Gasteiger partial charge in [-0.25, -0.2) is 0 Å². The van der Waals surface area contributed by atoms with Crippen LogP contribution in [0.3, 0.4) is 0 Å². The second kappa shape index (κ2) is 6.78. The number of fused-ring (bicyclic) bond motifs is 1. The molecule has 146 valence electrons. The van der Waals surface area contributed by atoms with Gasteiger partial charge < -0.3 is 25.2 Å². The number of amides is 1. The molecule has 0 radical (unpaired) electrons. The summed E-state index contributed by atoms with van der Waals surface area (Å²) in [6, 6.07) is 8.80. The molecule has 4 N–H and O–H groups in total. The molecule has 0 aliphatic carbocycles. The molecule has 2 heterocycles. The van der Waals surface area contributed by atoms with Crippen molar-refractivity contribution in [1.29, 1.82) is 0 Å². The molecule has 6 nitrogen and oxygen atoms in total. The number of hydrogen-bond acceptors (Lipinski definition) is 4. The van der Waals surface area contributed by atoms with Crippen molar-refractivity contribution < 1.29 is 20.1 Å². The van der Waals surface area contributed by atoms with E-state index in [1.54, 1.807) is 4.90 Å². The molecule has 0 saturated carbocycles. The summed E-state index contributed by atoms with van der Waals surface area (Å²) in [5.74, 6) is -1.50. The molecule has 1 fully saturated rings. The molecule has 4 rings (SSSR count). The molecule has 1 amide bonds. The Hall–Kier alpha value is -3.15. The third kappa shape index (κ3) is 3.05. The molecular weight excluding hydrogens is 356 g/mol. The summed E-state index contributed by atoms with van der Waals surface area (Å²) in [4.78, 5) is 18.0. The summed E-state index contributed by atoms with van der Waals surface area (Å²) in [5.41, 5.74) is 5.07. The first-order valence-corrected chi connectivity index (χ1v) is 9.48. The van der Waals surface area contributed by atoms with Crippen LogP contribution in [0.5, 0.6) is 17.2 Å². The van der Waals surface area contributed by atoms with Crippen molar-refractivity contribution in [2.24, 2.45) is 0 Å². The molecule has 1 saturated heterocycles. The van der Waals surface area contributed by atoms with Crippen LogP contribution >= 0.6 is 0 Å². The van der Waals surface area contributed by atoms with Crippen molar-refractivity contribution in [3.63, 3.8) is 0 Å². The maximum absolute atomic E-state index is 12.7. The molecule has 1 aromatic heterocycles. The topological polar surface area (TPSA) is 96.8 Å². The van der Waals surface area contributed by atoms with Gasteiger partial charge in [0.1, 0.15) is 0 Å². The van der Waals surface area contributed by atoms with Crippen molar-refractivity contribution in [3.05, 3.63) is 52.7 Å². The summed E-state index contributed by atoms with van der Waals surface area (Å²) in [6.07, 6.45) is 1.68. The summed E-state index contributed by atoms with van der Waals surface area (Å²) in [6.45, 7) is 5.43. The Balaban J connectivity index is 1.51. The number of benzene rings is 2. The Labute approximate surface area is 163 Å². The number of aromatic hydroxyl groups is 3. The Morgan fingerprint density at radius 1 is 1.04 bits per heavy atom. The lowest BCUT2D eigenvalue weighted by Crippen LogP contribution is -2.38. The van der Waals surface area contributed by atoms with E-state index in [1.165, 1.54) is 34.3 Å². The molecule has 0 bridgehead atoms. The molecule has 2 aromatic carbocycles. The van der Waals surface area contributed by atoms with Crippen LogP contribution in [-0.2, 0) is 0 Å². The SMILES string of the molecule is Cc1ccc2[nH]c(C3CCN(C(=O)c4cc(O)c(O)c(O)c4)CC3)c(C)c2c1. The fraction of sp³-hybridized carbons (Fsp3) is 0.318. The number of aromatic amines is 1. The predicted molar refractivity (Wildman–Crippen MR) is 107 cm³/mol. The number of nitrogens with zero attached hydrogens (tertiary/aromatic N) is 1. The second-order valence-corrected chi connectivity index (χ2v) is 7.64. The highest BCUT2D eigenvalue weighted by Crippen LogP contribution is 2.37. The van der Waals surface area contributed by atoms with Gasteiger partial charge in [-0.3, -0.25) is 4.79 Å². The van der Waals surface area contributed by atoms with Gasteiger partial charge in [-0.15, -0.1) is 0 Å². The van der Waals surface area contributed by atoms with Crippen molar-refractivity contribution in [2.45, 2.75) is 32.6 Å². The van der Waals surface area contributed by atoms with Crippen molar-refractivity contribution >= 4 is 16.8 Å². The minimum atomic E-state index is -0.611. The molecular formula is C22H24N2O4. The Bertz CT molecular complexity index is 1040. The van der Waals surface area contributed by atoms with E-state index in [0.717, 1.165) is 18.4 Å². The summed E-state index contributed by atoms with van der Waals surface area (Å²) < 4.78 is 0. The largest absolute Gasteiger partial charge is 0.504 e. The highest BCUT2D eigenvalue weighted by molar-refractivity contribution is 5.95. The summed E-state index contributed by atoms with van der Waals surface area (Å²) in [5, 5.41) is 30.0. The first kappa shape index (κ1) is 18.2. The highest BCUT2D eigenvalue weighted by atomic mass is 16.3. The zero-order chi connectivity index (χ0) is 20.0. The number of H-pyrrole nitrogens is 1. The summed E-state index contributed by atoms with van der Waals surface area (Å²) >= 11 is 0. The van der Waals surface area contributed by atoms with Crippen LogP contribution in [0.15, 0.2) is 30.3 Å². The minimum absolute atomic E-state index is 0.170. The van der Waals surface area contributed by atoms with Gasteiger partial charge in [-0.2, -0.15) is 0 Å². The molecule has 28 heavy (non-hydrogen) atoms. The average Bonchev–Trinajstić information content (AvgIpc) is 3.01. The maximum atomic E-state index is 12.7. The third-order valence-electron chi connectivity index (χ3n) is 5.76.